The Hall–Kier alpha value is 0.1000. The molecule has 1 heterocycles. The smallest absolute Gasteiger partial charge is 0.0865 e. The van der Waals surface area contributed by atoms with E-state index in [2.05, 4.69) is 44.0 Å². The van der Waals surface area contributed by atoms with Crippen LogP contribution < -0.4 is 5.73 Å². The zero-order valence-corrected chi connectivity index (χ0v) is 12.1. The molecule has 1 aliphatic heterocycles. The van der Waals surface area contributed by atoms with Crippen LogP contribution in [-0.4, -0.2) is 13.2 Å². The summed E-state index contributed by atoms with van der Waals surface area (Å²) in [6.45, 7) is 1.53. The van der Waals surface area contributed by atoms with Crippen LogP contribution in [0.5, 0.6) is 0 Å². The van der Waals surface area contributed by atoms with Gasteiger partial charge in [0.15, 0.2) is 0 Å². The normalized spacial score (nSPS) is 25.7. The summed E-state index contributed by atoms with van der Waals surface area (Å²) in [4.78, 5) is 0. The van der Waals surface area contributed by atoms with Crippen molar-refractivity contribution in [3.8, 4) is 0 Å². The topological polar surface area (TPSA) is 35.2 Å². The van der Waals surface area contributed by atoms with E-state index in [0.29, 0.717) is 12.5 Å². The Balaban J connectivity index is 2.23. The molecule has 16 heavy (non-hydrogen) atoms. The second-order valence-corrected chi connectivity index (χ2v) is 5.81. The summed E-state index contributed by atoms with van der Waals surface area (Å²) in [5, 5.41) is 0. The maximum atomic E-state index is 5.85. The van der Waals surface area contributed by atoms with Crippen molar-refractivity contribution in [2.45, 2.75) is 18.9 Å². The van der Waals surface area contributed by atoms with Gasteiger partial charge in [0.05, 0.1) is 6.10 Å². The molecule has 1 aromatic rings. The molecule has 1 fully saturated rings. The first-order valence-electron chi connectivity index (χ1n) is 5.49. The molecule has 0 spiro atoms. The molecule has 88 valence electrons. The van der Waals surface area contributed by atoms with Crippen LogP contribution in [0.3, 0.4) is 0 Å². The molecule has 0 bridgehead atoms. The Bertz CT molecular complexity index is 370. The van der Waals surface area contributed by atoms with E-state index >= 15 is 0 Å². The molecule has 0 amide bonds. The van der Waals surface area contributed by atoms with Gasteiger partial charge in [0.2, 0.25) is 0 Å². The lowest BCUT2D eigenvalue weighted by Gasteiger charge is -2.31. The van der Waals surface area contributed by atoms with Crippen molar-refractivity contribution in [3.05, 3.63) is 32.7 Å². The Morgan fingerprint density at radius 2 is 2.12 bits per heavy atom. The molecule has 2 nitrogen and oxygen atoms in total. The van der Waals surface area contributed by atoms with Gasteiger partial charge in [-0.2, -0.15) is 0 Å². The van der Waals surface area contributed by atoms with E-state index in [1.165, 1.54) is 5.56 Å². The maximum Gasteiger partial charge on any atom is 0.0865 e. The molecule has 0 aliphatic carbocycles. The SMILES string of the molecule is NCC1CCCOC1c1ccc(Br)c(Br)c1. The third-order valence-electron chi connectivity index (χ3n) is 3.02. The first-order valence-corrected chi connectivity index (χ1v) is 7.07. The fraction of sp³-hybridized carbons (Fsp3) is 0.500. The third kappa shape index (κ3) is 2.67. The van der Waals surface area contributed by atoms with Gasteiger partial charge in [-0.15, -0.1) is 0 Å². The van der Waals surface area contributed by atoms with Crippen LogP contribution in [0.15, 0.2) is 27.1 Å². The minimum atomic E-state index is 0.156. The van der Waals surface area contributed by atoms with E-state index in [4.69, 9.17) is 10.5 Å². The van der Waals surface area contributed by atoms with E-state index in [9.17, 15) is 0 Å². The first-order chi connectivity index (χ1) is 7.72. The Kier molecular flexibility index (Phi) is 4.41. The molecule has 1 aromatic carbocycles. The van der Waals surface area contributed by atoms with Crippen molar-refractivity contribution < 1.29 is 4.74 Å². The second kappa shape index (κ2) is 5.63. The highest BCUT2D eigenvalue weighted by Crippen LogP contribution is 2.35. The number of hydrogen-bond donors (Lipinski definition) is 1. The Labute approximate surface area is 113 Å². The molecule has 0 saturated carbocycles. The van der Waals surface area contributed by atoms with Gasteiger partial charge in [0.1, 0.15) is 0 Å². The van der Waals surface area contributed by atoms with Crippen LogP contribution >= 0.6 is 31.9 Å². The highest BCUT2D eigenvalue weighted by Gasteiger charge is 2.26. The lowest BCUT2D eigenvalue weighted by molar-refractivity contribution is -0.0252. The highest BCUT2D eigenvalue weighted by atomic mass is 79.9. The summed E-state index contributed by atoms with van der Waals surface area (Å²) in [5.41, 5.74) is 7.01. The van der Waals surface area contributed by atoms with Gasteiger partial charge in [0, 0.05) is 21.5 Å². The second-order valence-electron chi connectivity index (χ2n) is 4.10. The van der Waals surface area contributed by atoms with Crippen LogP contribution in [0.4, 0.5) is 0 Å². The van der Waals surface area contributed by atoms with Gasteiger partial charge in [-0.3, -0.25) is 0 Å². The highest BCUT2D eigenvalue weighted by molar-refractivity contribution is 9.13. The van der Waals surface area contributed by atoms with Gasteiger partial charge in [-0.05, 0) is 68.9 Å². The molecule has 2 atom stereocenters. The molecule has 0 radical (unpaired) electrons. The third-order valence-corrected chi connectivity index (χ3v) is 4.90. The summed E-state index contributed by atoms with van der Waals surface area (Å²) >= 11 is 6.99. The first kappa shape index (κ1) is 12.6. The fourth-order valence-electron chi connectivity index (χ4n) is 2.14. The van der Waals surface area contributed by atoms with E-state index in [1.807, 2.05) is 6.07 Å². The molecular formula is C12H15Br2NO. The van der Waals surface area contributed by atoms with Gasteiger partial charge in [0.25, 0.3) is 0 Å². The number of rotatable bonds is 2. The molecule has 2 rings (SSSR count). The van der Waals surface area contributed by atoms with Crippen LogP contribution in [-0.2, 0) is 4.74 Å². The van der Waals surface area contributed by atoms with Crippen LogP contribution in [0.1, 0.15) is 24.5 Å². The van der Waals surface area contributed by atoms with Crippen LogP contribution in [0.25, 0.3) is 0 Å². The van der Waals surface area contributed by atoms with Gasteiger partial charge >= 0.3 is 0 Å². The Morgan fingerprint density at radius 3 is 2.81 bits per heavy atom. The van der Waals surface area contributed by atoms with Crippen molar-refractivity contribution in [2.75, 3.05) is 13.2 Å². The van der Waals surface area contributed by atoms with E-state index in [0.717, 1.165) is 28.4 Å². The molecule has 4 heteroatoms. The van der Waals surface area contributed by atoms with Gasteiger partial charge in [-0.1, -0.05) is 6.07 Å². The average Bonchev–Trinajstić information content (AvgIpc) is 2.32. The van der Waals surface area contributed by atoms with Crippen molar-refractivity contribution in [3.63, 3.8) is 0 Å². The van der Waals surface area contributed by atoms with Gasteiger partial charge < -0.3 is 10.5 Å². The predicted octanol–water partition coefficient (Wildman–Crippen LogP) is 3.64. The minimum absolute atomic E-state index is 0.156. The Morgan fingerprint density at radius 1 is 1.31 bits per heavy atom. The monoisotopic (exact) mass is 347 g/mol. The van der Waals surface area contributed by atoms with Crippen LogP contribution in [0, 0.1) is 5.92 Å². The largest absolute Gasteiger partial charge is 0.373 e. The minimum Gasteiger partial charge on any atom is -0.373 e. The predicted molar refractivity (Wildman–Crippen MR) is 72.3 cm³/mol. The van der Waals surface area contributed by atoms with Gasteiger partial charge in [-0.25, -0.2) is 0 Å². The summed E-state index contributed by atoms with van der Waals surface area (Å²) < 4.78 is 7.98. The summed E-state index contributed by atoms with van der Waals surface area (Å²) in [7, 11) is 0. The maximum absolute atomic E-state index is 5.85. The van der Waals surface area contributed by atoms with Crippen molar-refractivity contribution in [2.24, 2.45) is 11.7 Å². The number of ether oxygens (including phenoxy) is 1. The molecule has 2 unspecified atom stereocenters. The fourth-order valence-corrected chi connectivity index (χ4v) is 2.79. The van der Waals surface area contributed by atoms with Crippen molar-refractivity contribution in [1.29, 1.82) is 0 Å². The standard InChI is InChI=1S/C12H15Br2NO/c13-10-4-3-8(6-11(10)14)12-9(7-15)2-1-5-16-12/h3-4,6,9,12H,1-2,5,7,15H2. The van der Waals surface area contributed by atoms with Crippen molar-refractivity contribution >= 4 is 31.9 Å². The number of benzene rings is 1. The van der Waals surface area contributed by atoms with Crippen LogP contribution in [0.2, 0.25) is 0 Å². The molecule has 2 N–H and O–H groups in total. The quantitative estimate of drug-likeness (QED) is 0.885. The lowest BCUT2D eigenvalue weighted by Crippen LogP contribution is -2.28. The lowest BCUT2D eigenvalue weighted by atomic mass is 9.90. The zero-order valence-electron chi connectivity index (χ0n) is 8.96. The van der Waals surface area contributed by atoms with E-state index < -0.39 is 0 Å². The van der Waals surface area contributed by atoms with Crippen molar-refractivity contribution in [1.82, 2.24) is 0 Å². The number of hydrogen-bond acceptors (Lipinski definition) is 2. The van der Waals surface area contributed by atoms with E-state index in [-0.39, 0.29) is 6.10 Å². The van der Waals surface area contributed by atoms with E-state index in [1.54, 1.807) is 0 Å². The molecule has 0 aromatic heterocycles. The molecular weight excluding hydrogens is 334 g/mol. The zero-order chi connectivity index (χ0) is 11.5. The summed E-state index contributed by atoms with van der Waals surface area (Å²) in [6, 6.07) is 6.27. The summed E-state index contributed by atoms with van der Waals surface area (Å²) in [6.07, 6.45) is 2.44. The molecule has 1 aliphatic rings. The number of nitrogens with two attached hydrogens (primary N) is 1. The molecule has 1 saturated heterocycles. The number of halogens is 2. The average molecular weight is 349 g/mol. The summed E-state index contributed by atoms with van der Waals surface area (Å²) in [5.74, 6) is 0.446.